The molecule has 1 rings (SSSR count). The summed E-state index contributed by atoms with van der Waals surface area (Å²) in [6.07, 6.45) is 1.59. The van der Waals surface area contributed by atoms with Gasteiger partial charge in [-0.2, -0.15) is 0 Å². The molecule has 0 amide bonds. The highest BCUT2D eigenvalue weighted by Crippen LogP contribution is 2.45. The van der Waals surface area contributed by atoms with Crippen LogP contribution < -0.4 is 0 Å². The lowest BCUT2D eigenvalue weighted by Crippen LogP contribution is -2.38. The highest BCUT2D eigenvalue weighted by atomic mass is 35.5. The lowest BCUT2D eigenvalue weighted by Gasteiger charge is -2.32. The smallest absolute Gasteiger partial charge is 0.230 e. The topological polar surface area (TPSA) is 17.1 Å². The van der Waals surface area contributed by atoms with E-state index in [1.54, 1.807) is 19.9 Å². The predicted octanol–water partition coefficient (Wildman–Crippen LogP) is 4.69. The van der Waals surface area contributed by atoms with E-state index in [0.29, 0.717) is 0 Å². The third-order valence-electron chi connectivity index (χ3n) is 2.53. The van der Waals surface area contributed by atoms with Crippen LogP contribution in [0.3, 0.4) is 0 Å². The summed E-state index contributed by atoms with van der Waals surface area (Å²) in [7, 11) is 0. The first-order valence-electron chi connectivity index (χ1n) is 5.10. The maximum absolute atomic E-state index is 12.1. The van der Waals surface area contributed by atoms with E-state index in [1.807, 2.05) is 30.3 Å². The molecule has 0 spiro atoms. The van der Waals surface area contributed by atoms with Crippen molar-refractivity contribution in [2.24, 2.45) is 5.41 Å². The van der Waals surface area contributed by atoms with Crippen LogP contribution >= 0.6 is 35.0 Å². The fourth-order valence-electron chi connectivity index (χ4n) is 1.05. The summed E-state index contributed by atoms with van der Waals surface area (Å²) in [6, 6.07) is 9.29. The Morgan fingerprint density at radius 2 is 1.82 bits per heavy atom. The fraction of sp³-hybridized carbons (Fsp3) is 0.308. The molecule has 0 aliphatic rings. The van der Waals surface area contributed by atoms with Crippen LogP contribution in [0.25, 0.3) is 0 Å². The van der Waals surface area contributed by atoms with Crippen molar-refractivity contribution in [3.63, 3.8) is 0 Å². The van der Waals surface area contributed by atoms with Gasteiger partial charge in [0, 0.05) is 10.3 Å². The fourth-order valence-corrected chi connectivity index (χ4v) is 2.34. The molecule has 17 heavy (non-hydrogen) atoms. The van der Waals surface area contributed by atoms with Crippen LogP contribution in [-0.4, -0.2) is 9.45 Å². The molecular formula is C13H14Cl2OS. The molecule has 0 saturated heterocycles. The second-order valence-electron chi connectivity index (χ2n) is 4.20. The van der Waals surface area contributed by atoms with Crippen LogP contribution in [0.1, 0.15) is 13.8 Å². The van der Waals surface area contributed by atoms with Crippen LogP contribution in [0.5, 0.6) is 0 Å². The minimum atomic E-state index is -1.49. The maximum Gasteiger partial charge on any atom is 0.230 e. The summed E-state index contributed by atoms with van der Waals surface area (Å²) >= 11 is 13.3. The molecule has 1 aromatic rings. The van der Waals surface area contributed by atoms with Gasteiger partial charge in [0.25, 0.3) is 0 Å². The molecule has 0 unspecified atom stereocenters. The van der Waals surface area contributed by atoms with Gasteiger partial charge in [-0.3, -0.25) is 4.79 Å². The Labute approximate surface area is 116 Å². The Morgan fingerprint density at radius 1 is 1.29 bits per heavy atom. The molecule has 0 atom stereocenters. The number of allylic oxidation sites excluding steroid dienone is 1. The molecule has 0 bridgehead atoms. The van der Waals surface area contributed by atoms with E-state index in [1.165, 1.54) is 0 Å². The Hall–Kier alpha value is -0.440. The summed E-state index contributed by atoms with van der Waals surface area (Å²) in [6.45, 7) is 7.22. The van der Waals surface area contributed by atoms with E-state index in [9.17, 15) is 4.79 Å². The standard InChI is InChI=1S/C13H14Cl2OS/c1-4-12(2,3)13(14,15)11(16)17-10-8-6-5-7-9-10/h4-9H,1H2,2-3H3. The van der Waals surface area contributed by atoms with E-state index in [4.69, 9.17) is 23.2 Å². The number of hydrogen-bond acceptors (Lipinski definition) is 2. The highest BCUT2D eigenvalue weighted by Gasteiger charge is 2.46. The van der Waals surface area contributed by atoms with Gasteiger partial charge >= 0.3 is 0 Å². The number of thioether (sulfide) groups is 1. The van der Waals surface area contributed by atoms with Gasteiger partial charge < -0.3 is 0 Å². The van der Waals surface area contributed by atoms with E-state index in [0.717, 1.165) is 16.7 Å². The lowest BCUT2D eigenvalue weighted by molar-refractivity contribution is -0.112. The molecule has 4 heteroatoms. The maximum atomic E-state index is 12.1. The molecule has 0 aliphatic heterocycles. The van der Waals surface area contributed by atoms with Crippen molar-refractivity contribution in [2.75, 3.05) is 0 Å². The van der Waals surface area contributed by atoms with Gasteiger partial charge in [-0.1, -0.05) is 61.3 Å². The van der Waals surface area contributed by atoms with Crippen molar-refractivity contribution in [2.45, 2.75) is 23.1 Å². The molecule has 1 nitrogen and oxygen atoms in total. The number of halogens is 2. The molecule has 0 saturated carbocycles. The first kappa shape index (κ1) is 14.6. The number of carbonyl (C=O) groups is 1. The Morgan fingerprint density at radius 3 is 2.29 bits per heavy atom. The zero-order valence-corrected chi connectivity index (χ0v) is 12.1. The van der Waals surface area contributed by atoms with Gasteiger partial charge in [0.05, 0.1) is 0 Å². The van der Waals surface area contributed by atoms with Crippen LogP contribution in [0.2, 0.25) is 0 Å². The van der Waals surface area contributed by atoms with Crippen LogP contribution in [0.15, 0.2) is 47.9 Å². The summed E-state index contributed by atoms with van der Waals surface area (Å²) < 4.78 is -1.49. The van der Waals surface area contributed by atoms with E-state index >= 15 is 0 Å². The molecular weight excluding hydrogens is 275 g/mol. The van der Waals surface area contributed by atoms with Crippen molar-refractivity contribution in [3.8, 4) is 0 Å². The van der Waals surface area contributed by atoms with Gasteiger partial charge in [-0.15, -0.1) is 6.58 Å². The molecule has 0 heterocycles. The van der Waals surface area contributed by atoms with Gasteiger partial charge in [0.15, 0.2) is 4.33 Å². The monoisotopic (exact) mass is 288 g/mol. The van der Waals surface area contributed by atoms with E-state index in [2.05, 4.69) is 6.58 Å². The Balaban J connectivity index is 2.87. The van der Waals surface area contributed by atoms with Gasteiger partial charge in [-0.25, -0.2) is 0 Å². The van der Waals surface area contributed by atoms with Gasteiger partial charge in [-0.05, 0) is 23.9 Å². The minimum Gasteiger partial charge on any atom is -0.283 e. The first-order valence-corrected chi connectivity index (χ1v) is 6.67. The first-order chi connectivity index (χ1) is 7.81. The zero-order chi connectivity index (χ0) is 13.1. The summed E-state index contributed by atoms with van der Waals surface area (Å²) in [5, 5.41) is -0.295. The number of benzene rings is 1. The van der Waals surface area contributed by atoms with Crippen molar-refractivity contribution in [1.29, 1.82) is 0 Å². The average molecular weight is 289 g/mol. The third kappa shape index (κ3) is 3.27. The minimum absolute atomic E-state index is 0.295. The number of rotatable bonds is 4. The largest absolute Gasteiger partial charge is 0.283 e. The molecule has 0 radical (unpaired) electrons. The third-order valence-corrected chi connectivity index (χ3v) is 5.07. The van der Waals surface area contributed by atoms with Crippen molar-refractivity contribution >= 4 is 40.1 Å². The molecule has 0 N–H and O–H groups in total. The van der Waals surface area contributed by atoms with Crippen LogP contribution in [0, 0.1) is 5.41 Å². The molecule has 0 aliphatic carbocycles. The molecule has 0 aromatic heterocycles. The summed E-state index contributed by atoms with van der Waals surface area (Å²) in [5.41, 5.74) is -0.686. The lowest BCUT2D eigenvalue weighted by atomic mass is 9.89. The average Bonchev–Trinajstić information content (AvgIpc) is 2.30. The normalized spacial score (nSPS) is 12.2. The highest BCUT2D eigenvalue weighted by molar-refractivity contribution is 8.14. The van der Waals surface area contributed by atoms with E-state index < -0.39 is 9.75 Å². The second-order valence-corrected chi connectivity index (χ2v) is 6.58. The van der Waals surface area contributed by atoms with Crippen molar-refractivity contribution < 1.29 is 4.79 Å². The van der Waals surface area contributed by atoms with Crippen molar-refractivity contribution in [1.82, 2.24) is 0 Å². The van der Waals surface area contributed by atoms with Crippen molar-refractivity contribution in [3.05, 3.63) is 43.0 Å². The number of hydrogen-bond donors (Lipinski definition) is 0. The van der Waals surface area contributed by atoms with Gasteiger partial charge in [0.1, 0.15) is 0 Å². The predicted molar refractivity (Wildman–Crippen MR) is 75.7 cm³/mol. The zero-order valence-electron chi connectivity index (χ0n) is 9.74. The number of alkyl halides is 2. The SMILES string of the molecule is C=CC(C)(C)C(Cl)(Cl)C(=O)Sc1ccccc1. The number of carbonyl (C=O) groups excluding carboxylic acids is 1. The molecule has 92 valence electrons. The summed E-state index contributed by atoms with van der Waals surface area (Å²) in [4.78, 5) is 12.9. The van der Waals surface area contributed by atoms with Gasteiger partial charge in [0.2, 0.25) is 5.12 Å². The Kier molecular flexibility index (Phi) is 4.70. The Bertz CT molecular complexity index is 413. The second kappa shape index (κ2) is 5.47. The van der Waals surface area contributed by atoms with Crippen LogP contribution in [-0.2, 0) is 4.79 Å². The van der Waals surface area contributed by atoms with Crippen LogP contribution in [0.4, 0.5) is 0 Å². The summed E-state index contributed by atoms with van der Waals surface area (Å²) in [5.74, 6) is 0. The quantitative estimate of drug-likeness (QED) is 0.454. The molecule has 1 aromatic carbocycles. The van der Waals surface area contributed by atoms with E-state index in [-0.39, 0.29) is 5.12 Å². The molecule has 0 fully saturated rings.